The van der Waals surface area contributed by atoms with Crippen molar-refractivity contribution in [3.05, 3.63) is 17.5 Å². The van der Waals surface area contributed by atoms with Gasteiger partial charge in [0.05, 0.1) is 6.20 Å². The largest absolute Gasteiger partial charge is 0.396 e. The molecule has 24 heavy (non-hydrogen) atoms. The lowest BCUT2D eigenvalue weighted by Crippen LogP contribution is -2.50. The molecule has 0 aromatic carbocycles. The van der Waals surface area contributed by atoms with E-state index in [1.165, 1.54) is 37.2 Å². The van der Waals surface area contributed by atoms with Crippen LogP contribution in [0.4, 0.5) is 0 Å². The Labute approximate surface area is 146 Å². The molecule has 3 rings (SSSR count). The van der Waals surface area contributed by atoms with Crippen LogP contribution >= 0.6 is 0 Å². The maximum Gasteiger partial charge on any atom is 0.0537 e. The van der Waals surface area contributed by atoms with Crippen molar-refractivity contribution in [3.8, 4) is 0 Å². The molecule has 5 nitrogen and oxygen atoms in total. The van der Waals surface area contributed by atoms with Crippen LogP contribution in [0, 0.1) is 12.8 Å². The molecule has 0 saturated carbocycles. The topological polar surface area (TPSA) is 44.5 Å². The number of aliphatic hydroxyl groups excluding tert-OH is 1. The highest BCUT2D eigenvalue weighted by atomic mass is 16.3. The van der Waals surface area contributed by atoms with E-state index in [0.29, 0.717) is 18.6 Å². The van der Waals surface area contributed by atoms with E-state index in [4.69, 9.17) is 0 Å². The van der Waals surface area contributed by atoms with Gasteiger partial charge in [-0.2, -0.15) is 5.10 Å². The SMILES string of the molecule is CCCn1ncc(CN2CCCC(N3CCC(CO)CC3)C2)c1C. The number of nitrogens with zero attached hydrogens (tertiary/aromatic N) is 4. The lowest BCUT2D eigenvalue weighted by Gasteiger charge is -2.42. The first kappa shape index (κ1) is 17.9. The minimum Gasteiger partial charge on any atom is -0.396 e. The molecule has 1 N–H and O–H groups in total. The summed E-state index contributed by atoms with van der Waals surface area (Å²) in [7, 11) is 0. The molecule has 0 radical (unpaired) electrons. The number of rotatable bonds is 6. The van der Waals surface area contributed by atoms with E-state index in [1.54, 1.807) is 0 Å². The van der Waals surface area contributed by atoms with Crippen molar-refractivity contribution in [2.24, 2.45) is 5.92 Å². The van der Waals surface area contributed by atoms with Crippen molar-refractivity contribution < 1.29 is 5.11 Å². The third-order valence-electron chi connectivity index (χ3n) is 5.94. The van der Waals surface area contributed by atoms with Gasteiger partial charge in [-0.25, -0.2) is 0 Å². The van der Waals surface area contributed by atoms with Gasteiger partial charge in [-0.3, -0.25) is 14.5 Å². The second-order valence-corrected chi connectivity index (χ2v) is 7.67. The van der Waals surface area contributed by atoms with Crippen molar-refractivity contribution in [3.63, 3.8) is 0 Å². The zero-order valence-corrected chi connectivity index (χ0v) is 15.5. The minimum atomic E-state index is 0.367. The number of aliphatic hydroxyl groups is 1. The second-order valence-electron chi connectivity index (χ2n) is 7.67. The lowest BCUT2D eigenvalue weighted by atomic mass is 9.94. The van der Waals surface area contributed by atoms with Gasteiger partial charge in [0.25, 0.3) is 0 Å². The van der Waals surface area contributed by atoms with Gasteiger partial charge in [0.1, 0.15) is 0 Å². The number of likely N-dealkylation sites (tertiary alicyclic amines) is 2. The monoisotopic (exact) mass is 334 g/mol. The summed E-state index contributed by atoms with van der Waals surface area (Å²) in [4.78, 5) is 5.29. The van der Waals surface area contributed by atoms with Crippen LogP contribution in [0.2, 0.25) is 0 Å². The summed E-state index contributed by atoms with van der Waals surface area (Å²) in [6.07, 6.45) is 8.16. The van der Waals surface area contributed by atoms with E-state index in [9.17, 15) is 5.11 Å². The van der Waals surface area contributed by atoms with Crippen LogP contribution in [0.15, 0.2) is 6.20 Å². The fraction of sp³-hybridized carbons (Fsp3) is 0.842. The Balaban J connectivity index is 1.54. The summed E-state index contributed by atoms with van der Waals surface area (Å²) < 4.78 is 2.15. The summed E-state index contributed by atoms with van der Waals surface area (Å²) >= 11 is 0. The Bertz CT molecular complexity index is 507. The highest BCUT2D eigenvalue weighted by Gasteiger charge is 2.28. The predicted molar refractivity (Wildman–Crippen MR) is 96.9 cm³/mol. The van der Waals surface area contributed by atoms with E-state index in [0.717, 1.165) is 45.4 Å². The third kappa shape index (κ3) is 4.19. The molecule has 0 spiro atoms. The maximum absolute atomic E-state index is 9.33. The van der Waals surface area contributed by atoms with Gasteiger partial charge in [-0.1, -0.05) is 6.92 Å². The van der Waals surface area contributed by atoms with E-state index < -0.39 is 0 Å². The van der Waals surface area contributed by atoms with Crippen LogP contribution in [0.3, 0.4) is 0 Å². The molecule has 3 heterocycles. The predicted octanol–water partition coefficient (Wildman–Crippen LogP) is 2.27. The van der Waals surface area contributed by atoms with Crippen molar-refractivity contribution in [1.29, 1.82) is 0 Å². The summed E-state index contributed by atoms with van der Waals surface area (Å²) in [6, 6.07) is 0.699. The van der Waals surface area contributed by atoms with Gasteiger partial charge in [0.2, 0.25) is 0 Å². The van der Waals surface area contributed by atoms with Crippen LogP contribution in [0.1, 0.15) is 50.3 Å². The maximum atomic E-state index is 9.33. The minimum absolute atomic E-state index is 0.367. The average molecular weight is 335 g/mol. The molecule has 0 aliphatic carbocycles. The third-order valence-corrected chi connectivity index (χ3v) is 5.94. The van der Waals surface area contributed by atoms with Gasteiger partial charge < -0.3 is 5.11 Å². The van der Waals surface area contributed by atoms with Gasteiger partial charge in [0.15, 0.2) is 0 Å². The van der Waals surface area contributed by atoms with E-state index >= 15 is 0 Å². The number of aryl methyl sites for hydroxylation is 1. The molecule has 2 aliphatic heterocycles. The Kier molecular flexibility index (Phi) is 6.31. The highest BCUT2D eigenvalue weighted by molar-refractivity contribution is 5.16. The molecular formula is C19H34N4O. The number of aromatic nitrogens is 2. The molecule has 2 fully saturated rings. The number of hydrogen-bond donors (Lipinski definition) is 1. The van der Waals surface area contributed by atoms with Crippen LogP contribution in [-0.2, 0) is 13.1 Å². The molecule has 136 valence electrons. The van der Waals surface area contributed by atoms with E-state index in [-0.39, 0.29) is 0 Å². The van der Waals surface area contributed by atoms with Crippen molar-refractivity contribution in [1.82, 2.24) is 19.6 Å². The Morgan fingerprint density at radius 1 is 1.21 bits per heavy atom. The fourth-order valence-electron chi connectivity index (χ4n) is 4.29. The van der Waals surface area contributed by atoms with Gasteiger partial charge in [-0.15, -0.1) is 0 Å². The summed E-state index contributed by atoms with van der Waals surface area (Å²) in [5.74, 6) is 0.535. The molecule has 2 aliphatic rings. The first-order valence-electron chi connectivity index (χ1n) is 9.79. The van der Waals surface area contributed by atoms with E-state index in [1.807, 2.05) is 0 Å². The highest BCUT2D eigenvalue weighted by Crippen LogP contribution is 2.24. The summed E-state index contributed by atoms with van der Waals surface area (Å²) in [5, 5.41) is 13.9. The Morgan fingerprint density at radius 2 is 2.00 bits per heavy atom. The van der Waals surface area contributed by atoms with Crippen LogP contribution < -0.4 is 0 Å². The normalized spacial score (nSPS) is 24.5. The second kappa shape index (κ2) is 8.45. The van der Waals surface area contributed by atoms with Gasteiger partial charge in [-0.05, 0) is 64.6 Å². The zero-order valence-electron chi connectivity index (χ0n) is 15.5. The Morgan fingerprint density at radius 3 is 2.71 bits per heavy atom. The lowest BCUT2D eigenvalue weighted by molar-refractivity contribution is 0.0543. The molecule has 1 aromatic rings. The smallest absolute Gasteiger partial charge is 0.0537 e. The van der Waals surface area contributed by atoms with Crippen LogP contribution in [0.5, 0.6) is 0 Å². The van der Waals surface area contributed by atoms with Crippen LogP contribution in [0.25, 0.3) is 0 Å². The van der Waals surface area contributed by atoms with Crippen molar-refractivity contribution in [2.75, 3.05) is 32.8 Å². The standard InChI is InChI=1S/C19H34N4O/c1-3-8-23-16(2)18(12-20-23)13-21-9-4-5-19(14-21)22-10-6-17(15-24)7-11-22/h12,17,19,24H,3-11,13-15H2,1-2H3. The molecule has 2 saturated heterocycles. The molecular weight excluding hydrogens is 300 g/mol. The molecule has 0 bridgehead atoms. The average Bonchev–Trinajstić information content (AvgIpc) is 2.96. The molecule has 1 unspecified atom stereocenters. The Hall–Kier alpha value is -0.910. The summed E-state index contributed by atoms with van der Waals surface area (Å²) in [5.41, 5.74) is 2.73. The van der Waals surface area contributed by atoms with Crippen molar-refractivity contribution >= 4 is 0 Å². The fourth-order valence-corrected chi connectivity index (χ4v) is 4.29. The van der Waals surface area contributed by atoms with Gasteiger partial charge >= 0.3 is 0 Å². The van der Waals surface area contributed by atoms with E-state index in [2.05, 4.69) is 39.6 Å². The number of hydrogen-bond acceptors (Lipinski definition) is 4. The zero-order chi connectivity index (χ0) is 16.9. The quantitative estimate of drug-likeness (QED) is 0.867. The van der Waals surface area contributed by atoms with Gasteiger partial charge in [0, 0.05) is 43.5 Å². The molecule has 1 aromatic heterocycles. The van der Waals surface area contributed by atoms with Crippen LogP contribution in [-0.4, -0.2) is 63.5 Å². The van der Waals surface area contributed by atoms with Crippen molar-refractivity contribution in [2.45, 2.75) is 65.1 Å². The number of piperidine rings is 2. The molecule has 5 heteroatoms. The first-order valence-corrected chi connectivity index (χ1v) is 9.79. The molecule has 0 amide bonds. The first-order chi connectivity index (χ1) is 11.7. The summed E-state index contributed by atoms with van der Waals surface area (Å²) in [6.45, 7) is 11.6. The molecule has 1 atom stereocenters.